The van der Waals surface area contributed by atoms with Crippen LogP contribution in [0.2, 0.25) is 0 Å². The van der Waals surface area contributed by atoms with Crippen molar-refractivity contribution < 1.29 is 9.59 Å². The number of fused-ring (bicyclic) bond motifs is 1. The molecule has 2 unspecified atom stereocenters. The van der Waals surface area contributed by atoms with Crippen LogP contribution in [0.1, 0.15) is 40.2 Å². The Morgan fingerprint density at radius 2 is 1.92 bits per heavy atom. The number of amides is 3. The molecule has 0 radical (unpaired) electrons. The molecule has 8 heteroatoms. The van der Waals surface area contributed by atoms with Crippen molar-refractivity contribution in [3.8, 4) is 0 Å². The van der Waals surface area contributed by atoms with Gasteiger partial charge in [-0.3, -0.25) is 19.5 Å². The van der Waals surface area contributed by atoms with Gasteiger partial charge in [-0.25, -0.2) is 9.78 Å². The van der Waals surface area contributed by atoms with Gasteiger partial charge in [-0.2, -0.15) is 0 Å². The van der Waals surface area contributed by atoms with Crippen molar-refractivity contribution in [1.82, 2.24) is 20.2 Å². The molecule has 0 saturated carbocycles. The van der Waals surface area contributed by atoms with E-state index in [1.807, 2.05) is 26.0 Å². The maximum atomic E-state index is 12.9. The van der Waals surface area contributed by atoms with Crippen LogP contribution >= 0.6 is 11.8 Å². The van der Waals surface area contributed by atoms with Crippen LogP contribution < -0.4 is 16.2 Å². The summed E-state index contributed by atoms with van der Waals surface area (Å²) in [7, 11) is 0. The molecule has 2 atom stereocenters. The van der Waals surface area contributed by atoms with Crippen LogP contribution in [0.15, 0.2) is 34.2 Å². The second-order valence-corrected chi connectivity index (χ2v) is 7.26. The molecule has 26 heavy (non-hydrogen) atoms. The molecule has 1 aromatic heterocycles. The monoisotopic (exact) mass is 376 g/mol. The number of urea groups is 1. The van der Waals surface area contributed by atoms with Crippen LogP contribution in [0, 0.1) is 0 Å². The molecule has 0 aliphatic rings. The molecule has 2 N–H and O–H groups in total. The van der Waals surface area contributed by atoms with Gasteiger partial charge in [0.05, 0.1) is 16.2 Å². The lowest BCUT2D eigenvalue weighted by Gasteiger charge is -2.20. The summed E-state index contributed by atoms with van der Waals surface area (Å²) in [6.45, 7) is 7.82. The third-order valence-electron chi connectivity index (χ3n) is 4.03. The highest BCUT2D eigenvalue weighted by molar-refractivity contribution is 8.00. The highest BCUT2D eigenvalue weighted by Crippen LogP contribution is 2.25. The fraction of sp³-hybridized carbons (Fsp3) is 0.444. The van der Waals surface area contributed by atoms with E-state index in [1.54, 1.807) is 30.5 Å². The summed E-state index contributed by atoms with van der Waals surface area (Å²) >= 11 is 1.17. The summed E-state index contributed by atoms with van der Waals surface area (Å²) in [6.07, 6.45) is 0.757. The molecule has 1 heterocycles. The Balaban J connectivity index is 2.37. The highest BCUT2D eigenvalue weighted by Gasteiger charge is 2.22. The lowest BCUT2D eigenvalue weighted by molar-refractivity contribution is -0.119. The third-order valence-corrected chi connectivity index (χ3v) is 5.10. The number of imide groups is 1. The molecule has 140 valence electrons. The Kier molecular flexibility index (Phi) is 6.79. The highest BCUT2D eigenvalue weighted by atomic mass is 32.2. The summed E-state index contributed by atoms with van der Waals surface area (Å²) in [5.41, 5.74) is 0.472. The van der Waals surface area contributed by atoms with Gasteiger partial charge in [-0.15, -0.1) is 0 Å². The number of hydrogen-bond acceptors (Lipinski definition) is 5. The van der Waals surface area contributed by atoms with Crippen molar-refractivity contribution >= 4 is 34.6 Å². The minimum Gasteiger partial charge on any atom is -0.338 e. The zero-order valence-electron chi connectivity index (χ0n) is 15.4. The number of rotatable bonds is 6. The predicted octanol–water partition coefficient (Wildman–Crippen LogP) is 2.69. The average Bonchev–Trinajstić information content (AvgIpc) is 2.61. The lowest BCUT2D eigenvalue weighted by atomic mass is 10.2. The molecule has 0 fully saturated rings. The van der Waals surface area contributed by atoms with Crippen LogP contribution in [0.4, 0.5) is 4.79 Å². The van der Waals surface area contributed by atoms with E-state index in [1.165, 1.54) is 11.8 Å². The fourth-order valence-electron chi connectivity index (χ4n) is 2.41. The summed E-state index contributed by atoms with van der Waals surface area (Å²) in [5, 5.41) is 5.25. The first-order valence-electron chi connectivity index (χ1n) is 8.65. The second-order valence-electron chi connectivity index (χ2n) is 5.95. The number of nitrogens with one attached hydrogen (secondary N) is 2. The van der Waals surface area contributed by atoms with Gasteiger partial charge in [0.25, 0.3) is 5.56 Å². The van der Waals surface area contributed by atoms with Crippen molar-refractivity contribution in [2.75, 3.05) is 6.54 Å². The first-order chi connectivity index (χ1) is 12.4. The van der Waals surface area contributed by atoms with Gasteiger partial charge in [0.15, 0.2) is 5.16 Å². The molecule has 0 aliphatic heterocycles. The molecular formula is C18H24N4O3S. The van der Waals surface area contributed by atoms with Crippen molar-refractivity contribution in [3.05, 3.63) is 34.6 Å². The van der Waals surface area contributed by atoms with Crippen LogP contribution in [-0.2, 0) is 4.79 Å². The Labute approximate surface area is 156 Å². The van der Waals surface area contributed by atoms with E-state index in [2.05, 4.69) is 15.6 Å². The fourth-order valence-corrected chi connectivity index (χ4v) is 3.42. The van der Waals surface area contributed by atoms with Gasteiger partial charge < -0.3 is 5.32 Å². The van der Waals surface area contributed by atoms with E-state index in [0.29, 0.717) is 22.6 Å². The van der Waals surface area contributed by atoms with E-state index < -0.39 is 17.2 Å². The quantitative estimate of drug-likeness (QED) is 0.597. The first-order valence-corrected chi connectivity index (χ1v) is 9.53. The Morgan fingerprint density at radius 3 is 2.58 bits per heavy atom. The maximum Gasteiger partial charge on any atom is 0.321 e. The van der Waals surface area contributed by atoms with Crippen LogP contribution in [0.5, 0.6) is 0 Å². The number of benzene rings is 1. The molecule has 2 rings (SSSR count). The molecule has 0 aliphatic carbocycles. The summed E-state index contributed by atoms with van der Waals surface area (Å²) in [5.74, 6) is -0.431. The Hall–Kier alpha value is -2.35. The maximum absolute atomic E-state index is 12.9. The van der Waals surface area contributed by atoms with Crippen LogP contribution in [0.25, 0.3) is 10.9 Å². The number of para-hydroxylation sites is 1. The summed E-state index contributed by atoms with van der Waals surface area (Å²) in [6, 6.07) is 6.57. The molecule has 7 nitrogen and oxygen atoms in total. The molecule has 2 aromatic rings. The molecule has 0 saturated heterocycles. The van der Waals surface area contributed by atoms with Gasteiger partial charge in [-0.1, -0.05) is 30.8 Å². The molecular weight excluding hydrogens is 352 g/mol. The molecule has 0 spiro atoms. The third kappa shape index (κ3) is 4.43. The zero-order chi connectivity index (χ0) is 19.3. The lowest BCUT2D eigenvalue weighted by Crippen LogP contribution is -2.42. The molecule has 3 amide bonds. The smallest absolute Gasteiger partial charge is 0.321 e. The summed E-state index contributed by atoms with van der Waals surface area (Å²) in [4.78, 5) is 41.3. The number of nitrogens with zero attached hydrogens (tertiary/aromatic N) is 2. The SMILES string of the molecule is CCNC(=O)NC(=O)C(C)Sc1nc2ccccc2c(=O)n1C(C)CC. The number of carbonyl (C=O) groups is 2. The van der Waals surface area contributed by atoms with E-state index in [9.17, 15) is 14.4 Å². The standard InChI is InChI=1S/C18H24N4O3S/c1-5-11(3)22-16(24)13-9-7-8-10-14(13)20-18(22)26-12(4)15(23)21-17(25)19-6-2/h7-12H,5-6H2,1-4H3,(H2,19,21,23,25). The minimum atomic E-state index is -0.582. The second kappa shape index (κ2) is 8.84. The summed E-state index contributed by atoms with van der Waals surface area (Å²) < 4.78 is 1.63. The van der Waals surface area contributed by atoms with Crippen molar-refractivity contribution in [2.24, 2.45) is 0 Å². The Morgan fingerprint density at radius 1 is 1.23 bits per heavy atom. The van der Waals surface area contributed by atoms with Crippen molar-refractivity contribution in [3.63, 3.8) is 0 Å². The van der Waals surface area contributed by atoms with Gasteiger partial charge in [0.1, 0.15) is 0 Å². The minimum absolute atomic E-state index is 0.0549. The van der Waals surface area contributed by atoms with Gasteiger partial charge in [-0.05, 0) is 39.3 Å². The van der Waals surface area contributed by atoms with Gasteiger partial charge in [0.2, 0.25) is 5.91 Å². The largest absolute Gasteiger partial charge is 0.338 e. The normalized spacial score (nSPS) is 13.2. The number of carbonyl (C=O) groups excluding carboxylic acids is 2. The van der Waals surface area contributed by atoms with Gasteiger partial charge >= 0.3 is 6.03 Å². The van der Waals surface area contributed by atoms with Gasteiger partial charge in [0, 0.05) is 12.6 Å². The van der Waals surface area contributed by atoms with Crippen molar-refractivity contribution in [1.29, 1.82) is 0 Å². The van der Waals surface area contributed by atoms with E-state index in [-0.39, 0.29) is 11.6 Å². The average molecular weight is 376 g/mol. The number of aromatic nitrogens is 2. The van der Waals surface area contributed by atoms with Crippen molar-refractivity contribution in [2.45, 2.75) is 50.6 Å². The number of hydrogen-bond donors (Lipinski definition) is 2. The van der Waals surface area contributed by atoms with Crippen LogP contribution in [0.3, 0.4) is 0 Å². The van der Waals surface area contributed by atoms with Crippen LogP contribution in [-0.4, -0.2) is 33.3 Å². The Bertz CT molecular complexity index is 865. The van der Waals surface area contributed by atoms with E-state index in [0.717, 1.165) is 6.42 Å². The first kappa shape index (κ1) is 20.0. The topological polar surface area (TPSA) is 93.1 Å². The predicted molar refractivity (Wildman–Crippen MR) is 104 cm³/mol. The molecule has 0 bridgehead atoms. The number of thioether (sulfide) groups is 1. The zero-order valence-corrected chi connectivity index (χ0v) is 16.2. The van der Waals surface area contributed by atoms with E-state index in [4.69, 9.17) is 0 Å². The molecule has 1 aromatic carbocycles. The van der Waals surface area contributed by atoms with E-state index >= 15 is 0 Å².